The summed E-state index contributed by atoms with van der Waals surface area (Å²) >= 11 is 1.84. The van der Waals surface area contributed by atoms with Gasteiger partial charge in [0.1, 0.15) is 0 Å². The van der Waals surface area contributed by atoms with E-state index in [0.717, 1.165) is 0 Å². The fourth-order valence-corrected chi connectivity index (χ4v) is 6.58. The molecule has 8 aromatic rings. The lowest BCUT2D eigenvalue weighted by atomic mass is 9.94. The Balaban J connectivity index is 1.56. The molecule has 32 heavy (non-hydrogen) atoms. The van der Waals surface area contributed by atoms with Gasteiger partial charge in [-0.1, -0.05) is 66.7 Å². The van der Waals surface area contributed by atoms with Crippen molar-refractivity contribution in [3.8, 4) is 5.69 Å². The minimum Gasteiger partial charge on any atom is -0.309 e. The molecule has 0 radical (unpaired) electrons. The summed E-state index contributed by atoms with van der Waals surface area (Å²) in [6.45, 7) is 0. The van der Waals surface area contributed by atoms with Crippen LogP contribution in [0.25, 0.3) is 69.9 Å². The van der Waals surface area contributed by atoms with Crippen molar-refractivity contribution >= 4 is 75.5 Å². The molecule has 0 saturated carbocycles. The predicted molar refractivity (Wildman–Crippen MR) is 140 cm³/mol. The van der Waals surface area contributed by atoms with E-state index in [1.54, 1.807) is 0 Å². The highest BCUT2D eigenvalue weighted by molar-refractivity contribution is 7.18. The van der Waals surface area contributed by atoms with Crippen molar-refractivity contribution in [3.63, 3.8) is 0 Å². The molecule has 2 heterocycles. The van der Waals surface area contributed by atoms with Gasteiger partial charge in [-0.2, -0.15) is 0 Å². The number of nitrogens with zero attached hydrogens (tertiary/aromatic N) is 1. The average molecular weight is 424 g/mol. The van der Waals surface area contributed by atoms with Gasteiger partial charge >= 0.3 is 0 Å². The van der Waals surface area contributed by atoms with Crippen molar-refractivity contribution in [2.24, 2.45) is 0 Å². The van der Waals surface area contributed by atoms with Crippen LogP contribution in [0.2, 0.25) is 0 Å². The number of fused-ring (bicyclic) bond motifs is 5. The zero-order valence-corrected chi connectivity index (χ0v) is 18.0. The Hall–Kier alpha value is -3.88. The molecule has 0 atom stereocenters. The van der Waals surface area contributed by atoms with Gasteiger partial charge in [0.2, 0.25) is 0 Å². The first kappa shape index (κ1) is 16.8. The van der Waals surface area contributed by atoms with Gasteiger partial charge in [0.25, 0.3) is 0 Å². The van der Waals surface area contributed by atoms with Crippen LogP contribution in [0.15, 0.2) is 102 Å². The fourth-order valence-electron chi connectivity index (χ4n) is 5.62. The summed E-state index contributed by atoms with van der Waals surface area (Å²) in [6.07, 6.45) is 0. The van der Waals surface area contributed by atoms with Crippen LogP contribution in [0, 0.1) is 0 Å². The second kappa shape index (κ2) is 5.87. The molecule has 0 N–H and O–H groups in total. The second-order valence-corrected chi connectivity index (χ2v) is 9.54. The normalized spacial score (nSPS) is 12.4. The van der Waals surface area contributed by atoms with Gasteiger partial charge in [-0.25, -0.2) is 0 Å². The molecule has 0 aliphatic carbocycles. The smallest absolute Gasteiger partial charge is 0.0555 e. The minimum atomic E-state index is 1.22. The van der Waals surface area contributed by atoms with E-state index in [0.29, 0.717) is 0 Å². The second-order valence-electron chi connectivity index (χ2n) is 8.63. The van der Waals surface area contributed by atoms with Gasteiger partial charge in [0, 0.05) is 21.2 Å². The molecule has 0 aliphatic rings. The summed E-state index contributed by atoms with van der Waals surface area (Å²) < 4.78 is 3.81. The van der Waals surface area contributed by atoms with E-state index in [-0.39, 0.29) is 0 Å². The number of para-hydroxylation sites is 1. The van der Waals surface area contributed by atoms with Gasteiger partial charge in [0.15, 0.2) is 0 Å². The zero-order valence-electron chi connectivity index (χ0n) is 17.2. The van der Waals surface area contributed by atoms with Crippen molar-refractivity contribution < 1.29 is 0 Å². The molecule has 148 valence electrons. The van der Waals surface area contributed by atoms with Crippen LogP contribution in [-0.2, 0) is 0 Å². The van der Waals surface area contributed by atoms with E-state index in [2.05, 4.69) is 107 Å². The topological polar surface area (TPSA) is 4.93 Å². The predicted octanol–water partition coefficient (Wildman–Crippen LogP) is 8.90. The lowest BCUT2D eigenvalue weighted by Gasteiger charge is -2.14. The maximum atomic E-state index is 2.44. The number of hydrogen-bond donors (Lipinski definition) is 0. The highest BCUT2D eigenvalue weighted by Crippen LogP contribution is 2.41. The van der Waals surface area contributed by atoms with E-state index < -0.39 is 0 Å². The molecule has 0 saturated heterocycles. The van der Waals surface area contributed by atoms with Crippen molar-refractivity contribution in [2.75, 3.05) is 0 Å². The van der Waals surface area contributed by atoms with Crippen molar-refractivity contribution in [3.05, 3.63) is 102 Å². The van der Waals surface area contributed by atoms with Crippen molar-refractivity contribution in [2.45, 2.75) is 0 Å². The molecule has 2 aromatic heterocycles. The monoisotopic (exact) mass is 423 g/mol. The maximum Gasteiger partial charge on any atom is 0.0555 e. The Morgan fingerprint density at radius 1 is 0.500 bits per heavy atom. The van der Waals surface area contributed by atoms with E-state index in [1.165, 1.54) is 69.9 Å². The van der Waals surface area contributed by atoms with Gasteiger partial charge in [-0.15, -0.1) is 11.3 Å². The number of benzene rings is 6. The Kier molecular flexibility index (Phi) is 3.08. The van der Waals surface area contributed by atoms with Crippen LogP contribution in [0.5, 0.6) is 0 Å². The van der Waals surface area contributed by atoms with E-state index in [4.69, 9.17) is 0 Å². The summed E-state index contributed by atoms with van der Waals surface area (Å²) in [5, 5.41) is 14.1. The molecule has 0 bridgehead atoms. The third kappa shape index (κ3) is 2.03. The lowest BCUT2D eigenvalue weighted by Crippen LogP contribution is -1.95. The number of aromatic nitrogens is 1. The van der Waals surface area contributed by atoms with Crippen LogP contribution in [-0.4, -0.2) is 4.57 Å². The van der Waals surface area contributed by atoms with E-state index in [9.17, 15) is 0 Å². The van der Waals surface area contributed by atoms with Crippen molar-refractivity contribution in [1.29, 1.82) is 0 Å². The molecular formula is C30H17NS. The van der Waals surface area contributed by atoms with Gasteiger partial charge < -0.3 is 4.57 Å². The quantitative estimate of drug-likeness (QED) is 0.232. The standard InChI is InChI=1S/C30H17NS/c1-2-7-25-24(6-1)29-26(13-12-20-14-15-32-30(20)29)31(25)23-16-21-10-8-18-4-3-5-19-9-11-22(17-23)28(21)27(18)19/h1-17H. The molecule has 0 amide bonds. The summed E-state index contributed by atoms with van der Waals surface area (Å²) in [7, 11) is 0. The SMILES string of the molecule is c1cc2ccc3cc(-n4c5ccccc5c5c6sccc6ccc54)cc4ccc(c1)c2c34. The summed E-state index contributed by atoms with van der Waals surface area (Å²) in [5.74, 6) is 0. The highest BCUT2D eigenvalue weighted by atomic mass is 32.1. The number of thiophene rings is 1. The van der Waals surface area contributed by atoms with Gasteiger partial charge in [-0.05, 0) is 73.4 Å². The van der Waals surface area contributed by atoms with Crippen LogP contribution in [0.4, 0.5) is 0 Å². The molecule has 0 spiro atoms. The molecule has 0 fully saturated rings. The zero-order chi connectivity index (χ0) is 20.8. The van der Waals surface area contributed by atoms with Crippen LogP contribution >= 0.6 is 11.3 Å². The number of hydrogen-bond acceptors (Lipinski definition) is 1. The Labute approximate surface area is 188 Å². The molecule has 6 aromatic carbocycles. The van der Waals surface area contributed by atoms with Gasteiger partial charge in [-0.3, -0.25) is 0 Å². The molecule has 2 heteroatoms. The number of rotatable bonds is 1. The van der Waals surface area contributed by atoms with E-state index in [1.807, 2.05) is 11.3 Å². The first-order chi connectivity index (χ1) is 15.9. The first-order valence-electron chi connectivity index (χ1n) is 10.9. The van der Waals surface area contributed by atoms with Crippen molar-refractivity contribution in [1.82, 2.24) is 4.57 Å². The Morgan fingerprint density at radius 2 is 1.19 bits per heavy atom. The molecule has 0 aliphatic heterocycles. The summed E-state index contributed by atoms with van der Waals surface area (Å²) in [4.78, 5) is 0. The van der Waals surface area contributed by atoms with Crippen LogP contribution in [0.3, 0.4) is 0 Å². The van der Waals surface area contributed by atoms with Crippen LogP contribution in [0.1, 0.15) is 0 Å². The largest absolute Gasteiger partial charge is 0.309 e. The van der Waals surface area contributed by atoms with Gasteiger partial charge in [0.05, 0.1) is 11.0 Å². The minimum absolute atomic E-state index is 1.22. The third-order valence-electron chi connectivity index (χ3n) is 6.96. The fraction of sp³-hybridized carbons (Fsp3) is 0. The third-order valence-corrected chi connectivity index (χ3v) is 7.91. The average Bonchev–Trinajstić information content (AvgIpc) is 3.44. The highest BCUT2D eigenvalue weighted by Gasteiger charge is 2.16. The van der Waals surface area contributed by atoms with Crippen LogP contribution < -0.4 is 0 Å². The molecule has 8 rings (SSSR count). The lowest BCUT2D eigenvalue weighted by molar-refractivity contribution is 1.19. The first-order valence-corrected chi connectivity index (χ1v) is 11.8. The molecule has 1 nitrogen and oxygen atoms in total. The summed E-state index contributed by atoms with van der Waals surface area (Å²) in [5.41, 5.74) is 3.75. The van der Waals surface area contributed by atoms with E-state index >= 15 is 0 Å². The molecule has 0 unspecified atom stereocenters. The molecular weight excluding hydrogens is 406 g/mol. The Bertz CT molecular complexity index is 1920. The maximum absolute atomic E-state index is 2.44. The summed E-state index contributed by atoms with van der Waals surface area (Å²) in [6, 6.07) is 35.9. The Morgan fingerprint density at radius 3 is 2.00 bits per heavy atom.